The molecule has 4 heterocycles. The van der Waals surface area contributed by atoms with Crippen molar-refractivity contribution in [2.24, 2.45) is 9.98 Å². The van der Waals surface area contributed by atoms with Gasteiger partial charge in [0.2, 0.25) is 6.79 Å². The molecule has 2 aliphatic rings. The van der Waals surface area contributed by atoms with Crippen molar-refractivity contribution < 1.29 is 29.3 Å². The molecule has 196 valence electrons. The number of carboxylic acid groups (broad SMARTS) is 2. The lowest BCUT2D eigenvalue weighted by Crippen LogP contribution is -2.17. The van der Waals surface area contributed by atoms with Crippen LogP contribution in [0, 0.1) is 6.92 Å². The smallest absolute Gasteiger partial charge is 0.329 e. The minimum atomic E-state index is -0.930. The summed E-state index contributed by atoms with van der Waals surface area (Å²) in [5.41, 5.74) is 1.52. The first-order chi connectivity index (χ1) is 18.3. The fourth-order valence-corrected chi connectivity index (χ4v) is 7.46. The summed E-state index contributed by atoms with van der Waals surface area (Å²) in [6.07, 6.45) is 3.48. The number of aryl methyl sites for hydroxylation is 1. The maximum absolute atomic E-state index is 11.2. The molecular weight excluding hydrogens is 569 g/mol. The molecule has 0 fully saturated rings. The molecule has 5 rings (SSSR count). The Morgan fingerprint density at radius 3 is 2.34 bits per heavy atom. The quantitative estimate of drug-likeness (QED) is 0.197. The average molecular weight is 589 g/mol. The zero-order chi connectivity index (χ0) is 26.8. The van der Waals surface area contributed by atoms with Crippen LogP contribution in [0.3, 0.4) is 0 Å². The number of aromatic nitrogens is 2. The van der Waals surface area contributed by atoms with E-state index in [9.17, 15) is 9.59 Å². The number of carboxylic acids is 2. The SMILES string of the molecule is C=C(/C=C\c1nc(C2=NC(C(=O)O)CS2)sc1C)OCOc1ccc2nc(C3=NC(C(=O)O)CS3)sc2c1. The van der Waals surface area contributed by atoms with Crippen LogP contribution in [-0.2, 0) is 14.3 Å². The van der Waals surface area contributed by atoms with Crippen molar-refractivity contribution in [2.45, 2.75) is 19.0 Å². The van der Waals surface area contributed by atoms with Crippen LogP contribution in [0.5, 0.6) is 5.75 Å². The van der Waals surface area contributed by atoms with Crippen LogP contribution in [0.25, 0.3) is 16.3 Å². The Balaban J connectivity index is 1.15. The fraction of sp³-hybridized carbons (Fsp3) is 0.250. The second-order valence-corrected chi connectivity index (χ2v) is 12.3. The second-order valence-electron chi connectivity index (χ2n) is 8.01. The summed E-state index contributed by atoms with van der Waals surface area (Å²) >= 11 is 5.69. The van der Waals surface area contributed by atoms with Gasteiger partial charge in [-0.05, 0) is 37.3 Å². The predicted molar refractivity (Wildman–Crippen MR) is 152 cm³/mol. The molecule has 0 radical (unpaired) electrons. The Labute approximate surface area is 233 Å². The minimum Gasteiger partial charge on any atom is -0.480 e. The molecule has 2 unspecified atom stereocenters. The number of aliphatic imine (C=N–C) groups is 2. The highest BCUT2D eigenvalue weighted by Gasteiger charge is 2.28. The predicted octanol–water partition coefficient (Wildman–Crippen LogP) is 4.53. The molecule has 0 amide bonds. The zero-order valence-electron chi connectivity index (χ0n) is 19.8. The number of hydrogen-bond acceptors (Lipinski definition) is 12. The molecule has 0 saturated carbocycles. The van der Waals surface area contributed by atoms with Crippen LogP contribution >= 0.6 is 46.2 Å². The highest BCUT2D eigenvalue weighted by Crippen LogP contribution is 2.32. The number of carbonyl (C=O) groups is 2. The Kier molecular flexibility index (Phi) is 7.83. The molecule has 3 aromatic rings. The lowest BCUT2D eigenvalue weighted by atomic mass is 10.3. The Morgan fingerprint density at radius 2 is 1.71 bits per heavy atom. The van der Waals surface area contributed by atoms with Crippen molar-refractivity contribution in [1.82, 2.24) is 9.97 Å². The number of ether oxygens (including phenoxy) is 2. The number of nitrogens with zero attached hydrogens (tertiary/aromatic N) is 4. The number of rotatable bonds is 10. The summed E-state index contributed by atoms with van der Waals surface area (Å²) in [5.74, 6) is -0.0398. The van der Waals surface area contributed by atoms with Gasteiger partial charge >= 0.3 is 11.9 Å². The first kappa shape index (κ1) is 26.4. The van der Waals surface area contributed by atoms with Gasteiger partial charge in [-0.25, -0.2) is 19.6 Å². The lowest BCUT2D eigenvalue weighted by Gasteiger charge is -2.08. The van der Waals surface area contributed by atoms with E-state index in [2.05, 4.69) is 26.5 Å². The molecular formula is C24H20N4O6S4. The summed E-state index contributed by atoms with van der Waals surface area (Å²) in [5, 5.41) is 21.0. The van der Waals surface area contributed by atoms with Crippen molar-refractivity contribution >= 4 is 84.5 Å². The van der Waals surface area contributed by atoms with E-state index in [1.165, 1.54) is 46.2 Å². The van der Waals surface area contributed by atoms with Gasteiger partial charge in [0, 0.05) is 16.4 Å². The molecule has 2 atom stereocenters. The molecule has 0 saturated heterocycles. The molecule has 0 spiro atoms. The van der Waals surface area contributed by atoms with Gasteiger partial charge in [-0.1, -0.05) is 6.58 Å². The second kappa shape index (κ2) is 11.3. The molecule has 38 heavy (non-hydrogen) atoms. The first-order valence-corrected chi connectivity index (χ1v) is 14.8. The number of thioether (sulfide) groups is 2. The Bertz CT molecular complexity index is 1530. The Morgan fingerprint density at radius 1 is 1.05 bits per heavy atom. The van der Waals surface area contributed by atoms with Gasteiger partial charge in [0.1, 0.15) is 31.6 Å². The number of hydrogen-bond donors (Lipinski definition) is 2. The van der Waals surface area contributed by atoms with Gasteiger partial charge in [-0.15, -0.1) is 46.2 Å². The number of allylic oxidation sites excluding steroid dienone is 1. The van der Waals surface area contributed by atoms with E-state index in [-0.39, 0.29) is 6.79 Å². The Hall–Kier alpha value is -3.20. The molecule has 2 N–H and O–H groups in total. The monoisotopic (exact) mass is 588 g/mol. The summed E-state index contributed by atoms with van der Waals surface area (Å²) in [6.45, 7) is 5.78. The van der Waals surface area contributed by atoms with Gasteiger partial charge in [0.05, 0.1) is 15.9 Å². The third-order valence-electron chi connectivity index (χ3n) is 5.33. The van der Waals surface area contributed by atoms with Gasteiger partial charge < -0.3 is 19.7 Å². The fourth-order valence-electron chi connectivity index (χ4n) is 3.37. The van der Waals surface area contributed by atoms with Crippen LogP contribution in [-0.4, -0.2) is 72.6 Å². The zero-order valence-corrected chi connectivity index (χ0v) is 23.1. The van der Waals surface area contributed by atoms with Gasteiger partial charge in [-0.3, -0.25) is 9.98 Å². The summed E-state index contributed by atoms with van der Waals surface area (Å²) in [7, 11) is 0. The highest BCUT2D eigenvalue weighted by atomic mass is 32.2. The van der Waals surface area contributed by atoms with Crippen LogP contribution in [0.1, 0.15) is 20.6 Å². The van der Waals surface area contributed by atoms with Crippen molar-refractivity contribution in [1.29, 1.82) is 0 Å². The van der Waals surface area contributed by atoms with E-state index in [1.807, 2.05) is 19.1 Å². The maximum Gasteiger partial charge on any atom is 0.329 e. The average Bonchev–Trinajstić information content (AvgIpc) is 3.68. The van der Waals surface area contributed by atoms with Crippen LogP contribution in [0.4, 0.5) is 0 Å². The van der Waals surface area contributed by atoms with E-state index in [0.717, 1.165) is 20.8 Å². The molecule has 1 aromatic carbocycles. The highest BCUT2D eigenvalue weighted by molar-refractivity contribution is 8.15. The van der Waals surface area contributed by atoms with Gasteiger partial charge in [0.25, 0.3) is 0 Å². The van der Waals surface area contributed by atoms with Crippen LogP contribution < -0.4 is 4.74 Å². The molecule has 2 aromatic heterocycles. The van der Waals surface area contributed by atoms with Crippen LogP contribution in [0.15, 0.2) is 46.6 Å². The third kappa shape index (κ3) is 5.93. The van der Waals surface area contributed by atoms with Crippen molar-refractivity contribution in [3.8, 4) is 5.75 Å². The number of aliphatic carboxylic acids is 2. The van der Waals surface area contributed by atoms with Crippen molar-refractivity contribution in [2.75, 3.05) is 18.3 Å². The largest absolute Gasteiger partial charge is 0.480 e. The summed E-state index contributed by atoms with van der Waals surface area (Å²) in [4.78, 5) is 40.9. The minimum absolute atomic E-state index is 0.0471. The van der Waals surface area contributed by atoms with Crippen molar-refractivity contribution in [3.05, 3.63) is 57.2 Å². The first-order valence-electron chi connectivity index (χ1n) is 11.1. The molecule has 14 heteroatoms. The van der Waals surface area contributed by atoms with E-state index < -0.39 is 24.0 Å². The number of benzene rings is 1. The van der Waals surface area contributed by atoms with E-state index in [4.69, 9.17) is 19.7 Å². The molecule has 10 nitrogen and oxygen atoms in total. The van der Waals surface area contributed by atoms with E-state index in [0.29, 0.717) is 43.1 Å². The van der Waals surface area contributed by atoms with Gasteiger partial charge in [0.15, 0.2) is 12.1 Å². The molecule has 0 aliphatic carbocycles. The van der Waals surface area contributed by atoms with Crippen LogP contribution in [0.2, 0.25) is 0 Å². The van der Waals surface area contributed by atoms with E-state index >= 15 is 0 Å². The normalized spacial score (nSPS) is 19.1. The molecule has 2 aliphatic heterocycles. The number of fused-ring (bicyclic) bond motifs is 1. The summed E-state index contributed by atoms with van der Waals surface area (Å²) in [6, 6.07) is 4.02. The standard InChI is InChI=1S/C24H20N4O6S4/c1-11(3-5-14-12(2)37-21(25-14)19-27-16(8-35-19)23(29)30)33-10-34-13-4-6-15-18(7-13)38-22(26-15)20-28-17(9-36-20)24(31)32/h3-7,16-17H,1,8-10H2,2H3,(H,29,30)(H,31,32)/b5-3-. The molecule has 0 bridgehead atoms. The van der Waals surface area contributed by atoms with Gasteiger partial charge in [-0.2, -0.15) is 0 Å². The topological polar surface area (TPSA) is 144 Å². The summed E-state index contributed by atoms with van der Waals surface area (Å²) < 4.78 is 12.2. The van der Waals surface area contributed by atoms with Crippen molar-refractivity contribution in [3.63, 3.8) is 0 Å². The maximum atomic E-state index is 11.2. The third-order valence-corrected chi connectivity index (χ3v) is 9.71. The number of thiazole rings is 2. The van der Waals surface area contributed by atoms with E-state index in [1.54, 1.807) is 18.2 Å². The lowest BCUT2D eigenvalue weighted by molar-refractivity contribution is -0.138.